The molecule has 5 nitrogen and oxygen atoms in total. The Labute approximate surface area is 110 Å². The average Bonchev–Trinajstić information content (AvgIpc) is 2.27. The Morgan fingerprint density at radius 1 is 1.44 bits per heavy atom. The normalized spacial score (nSPS) is 19.2. The van der Waals surface area contributed by atoms with Crippen LogP contribution in [-0.4, -0.2) is 31.0 Å². The fraction of sp³-hybridized carbons (Fsp3) is 0.364. The SMILES string of the molecule is O=C(O)CS(=O)(=O)NC1CCSc2ccccc21. The van der Waals surface area contributed by atoms with Gasteiger partial charge in [-0.1, -0.05) is 18.2 Å². The first-order valence-corrected chi connectivity index (χ1v) is 8.05. The first kappa shape index (κ1) is 13.4. The molecule has 0 saturated heterocycles. The van der Waals surface area contributed by atoms with E-state index in [2.05, 4.69) is 4.72 Å². The van der Waals surface area contributed by atoms with Gasteiger partial charge in [0.15, 0.2) is 5.75 Å². The number of nitrogens with one attached hydrogen (secondary N) is 1. The number of aliphatic carboxylic acids is 1. The molecule has 0 amide bonds. The molecule has 98 valence electrons. The smallest absolute Gasteiger partial charge is 0.320 e. The van der Waals surface area contributed by atoms with Crippen molar-refractivity contribution >= 4 is 27.8 Å². The minimum Gasteiger partial charge on any atom is -0.480 e. The summed E-state index contributed by atoms with van der Waals surface area (Å²) in [5, 5.41) is 8.55. The molecule has 0 fully saturated rings. The molecule has 0 bridgehead atoms. The molecule has 0 saturated carbocycles. The predicted octanol–water partition coefficient (Wildman–Crippen LogP) is 1.23. The highest BCUT2D eigenvalue weighted by atomic mass is 32.2. The van der Waals surface area contributed by atoms with Gasteiger partial charge in [-0.05, 0) is 23.8 Å². The molecular weight excluding hydrogens is 274 g/mol. The van der Waals surface area contributed by atoms with Crippen molar-refractivity contribution < 1.29 is 18.3 Å². The summed E-state index contributed by atoms with van der Waals surface area (Å²) in [7, 11) is -3.78. The van der Waals surface area contributed by atoms with E-state index in [4.69, 9.17) is 5.11 Å². The number of carboxylic acid groups (broad SMARTS) is 1. The molecule has 1 aromatic rings. The van der Waals surface area contributed by atoms with Crippen LogP contribution in [0.25, 0.3) is 0 Å². The largest absolute Gasteiger partial charge is 0.480 e. The number of fused-ring (bicyclic) bond motifs is 1. The van der Waals surface area contributed by atoms with Gasteiger partial charge in [-0.15, -0.1) is 11.8 Å². The van der Waals surface area contributed by atoms with Crippen LogP contribution in [-0.2, 0) is 14.8 Å². The van der Waals surface area contributed by atoms with Crippen LogP contribution in [0.15, 0.2) is 29.2 Å². The molecule has 18 heavy (non-hydrogen) atoms. The van der Waals surface area contributed by atoms with Crippen molar-refractivity contribution in [3.63, 3.8) is 0 Å². The van der Waals surface area contributed by atoms with E-state index in [1.165, 1.54) is 0 Å². The zero-order valence-corrected chi connectivity index (χ0v) is 11.1. The molecule has 1 unspecified atom stereocenters. The summed E-state index contributed by atoms with van der Waals surface area (Å²) >= 11 is 1.68. The van der Waals surface area contributed by atoms with Gasteiger partial charge in [0.1, 0.15) is 0 Å². The second kappa shape index (κ2) is 5.29. The Morgan fingerprint density at radius 3 is 2.89 bits per heavy atom. The van der Waals surface area contributed by atoms with E-state index < -0.39 is 21.7 Å². The number of hydrogen-bond acceptors (Lipinski definition) is 4. The zero-order valence-electron chi connectivity index (χ0n) is 9.50. The molecule has 1 atom stereocenters. The molecule has 1 aromatic carbocycles. The third-order valence-electron chi connectivity index (χ3n) is 2.59. The summed E-state index contributed by atoms with van der Waals surface area (Å²) in [6.07, 6.45) is 0.667. The predicted molar refractivity (Wildman–Crippen MR) is 69.1 cm³/mol. The van der Waals surface area contributed by atoms with Gasteiger partial charge in [0.25, 0.3) is 0 Å². The number of carboxylic acids is 1. The van der Waals surface area contributed by atoms with Crippen molar-refractivity contribution in [3.8, 4) is 0 Å². The molecule has 7 heteroatoms. The van der Waals surface area contributed by atoms with Crippen molar-refractivity contribution in [2.45, 2.75) is 17.4 Å². The summed E-state index contributed by atoms with van der Waals surface area (Å²) in [5.74, 6) is -1.42. The lowest BCUT2D eigenvalue weighted by atomic mass is 10.1. The van der Waals surface area contributed by atoms with Crippen molar-refractivity contribution in [1.29, 1.82) is 0 Å². The number of thioether (sulfide) groups is 1. The van der Waals surface area contributed by atoms with Gasteiger partial charge >= 0.3 is 5.97 Å². The van der Waals surface area contributed by atoms with Crippen LogP contribution in [0.1, 0.15) is 18.0 Å². The molecule has 1 heterocycles. The quantitative estimate of drug-likeness (QED) is 0.870. The molecule has 1 aliphatic heterocycles. The Balaban J connectivity index is 2.19. The molecular formula is C11H13NO4S2. The van der Waals surface area contributed by atoms with E-state index in [9.17, 15) is 13.2 Å². The zero-order chi connectivity index (χ0) is 13.2. The van der Waals surface area contributed by atoms with Crippen LogP contribution in [0, 0.1) is 0 Å². The maximum atomic E-state index is 11.6. The summed E-state index contributed by atoms with van der Waals surface area (Å²) in [6, 6.07) is 7.24. The van der Waals surface area contributed by atoms with Gasteiger partial charge in [0, 0.05) is 10.9 Å². The Kier molecular flexibility index (Phi) is 3.94. The number of sulfonamides is 1. The number of benzene rings is 1. The minimum atomic E-state index is -3.78. The molecule has 1 aliphatic rings. The third kappa shape index (κ3) is 3.24. The highest BCUT2D eigenvalue weighted by molar-refractivity contribution is 7.99. The van der Waals surface area contributed by atoms with E-state index in [0.29, 0.717) is 6.42 Å². The maximum Gasteiger partial charge on any atom is 0.320 e. The van der Waals surface area contributed by atoms with Crippen LogP contribution < -0.4 is 4.72 Å². The first-order valence-electron chi connectivity index (χ1n) is 5.41. The number of hydrogen-bond donors (Lipinski definition) is 2. The summed E-state index contributed by atoms with van der Waals surface area (Å²) in [4.78, 5) is 11.5. The molecule has 2 rings (SSSR count). The van der Waals surface area contributed by atoms with Gasteiger partial charge in [0.05, 0.1) is 0 Å². The third-order valence-corrected chi connectivity index (χ3v) is 4.99. The van der Waals surface area contributed by atoms with E-state index in [1.807, 2.05) is 24.3 Å². The van der Waals surface area contributed by atoms with Crippen LogP contribution in [0.4, 0.5) is 0 Å². The molecule has 0 spiro atoms. The van der Waals surface area contributed by atoms with Crippen molar-refractivity contribution in [2.24, 2.45) is 0 Å². The van der Waals surface area contributed by atoms with Crippen LogP contribution in [0.3, 0.4) is 0 Å². The fourth-order valence-corrected chi connectivity index (χ4v) is 4.10. The van der Waals surface area contributed by atoms with E-state index in [0.717, 1.165) is 16.2 Å². The van der Waals surface area contributed by atoms with Gasteiger partial charge in [-0.25, -0.2) is 13.1 Å². The highest BCUT2D eigenvalue weighted by Gasteiger charge is 2.26. The van der Waals surface area contributed by atoms with Crippen LogP contribution >= 0.6 is 11.8 Å². The lowest BCUT2D eigenvalue weighted by molar-refractivity contribution is -0.134. The highest BCUT2D eigenvalue weighted by Crippen LogP contribution is 2.36. The van der Waals surface area contributed by atoms with E-state index in [-0.39, 0.29) is 6.04 Å². The van der Waals surface area contributed by atoms with Gasteiger partial charge < -0.3 is 5.11 Å². The second-order valence-corrected chi connectivity index (χ2v) is 6.89. The topological polar surface area (TPSA) is 83.5 Å². The lowest BCUT2D eigenvalue weighted by Gasteiger charge is -2.25. The lowest BCUT2D eigenvalue weighted by Crippen LogP contribution is -2.34. The minimum absolute atomic E-state index is 0.327. The molecule has 0 radical (unpaired) electrons. The summed E-state index contributed by atoms with van der Waals surface area (Å²) in [6.45, 7) is 0. The van der Waals surface area contributed by atoms with E-state index in [1.54, 1.807) is 11.8 Å². The summed E-state index contributed by atoms with van der Waals surface area (Å²) < 4.78 is 25.7. The standard InChI is InChI=1S/C11H13NO4S2/c13-11(14)7-18(15,16)12-9-5-6-17-10-4-2-1-3-8(9)10/h1-4,9,12H,5-7H2,(H,13,14). The molecule has 0 aliphatic carbocycles. The monoisotopic (exact) mass is 287 g/mol. The van der Waals surface area contributed by atoms with Crippen LogP contribution in [0.2, 0.25) is 0 Å². The summed E-state index contributed by atoms with van der Waals surface area (Å²) in [5.41, 5.74) is 0.919. The number of rotatable bonds is 4. The Hall–Kier alpha value is -1.05. The second-order valence-electron chi connectivity index (χ2n) is 4.00. The van der Waals surface area contributed by atoms with Crippen molar-refractivity contribution in [2.75, 3.05) is 11.5 Å². The van der Waals surface area contributed by atoms with Crippen LogP contribution in [0.5, 0.6) is 0 Å². The Morgan fingerprint density at radius 2 is 2.17 bits per heavy atom. The van der Waals surface area contributed by atoms with Gasteiger partial charge in [-0.3, -0.25) is 4.79 Å². The average molecular weight is 287 g/mol. The van der Waals surface area contributed by atoms with Gasteiger partial charge in [-0.2, -0.15) is 0 Å². The van der Waals surface area contributed by atoms with Crippen molar-refractivity contribution in [1.82, 2.24) is 4.72 Å². The maximum absolute atomic E-state index is 11.6. The van der Waals surface area contributed by atoms with E-state index >= 15 is 0 Å². The Bertz CT molecular complexity index is 556. The van der Waals surface area contributed by atoms with Crippen molar-refractivity contribution in [3.05, 3.63) is 29.8 Å². The molecule has 0 aromatic heterocycles. The van der Waals surface area contributed by atoms with Gasteiger partial charge in [0.2, 0.25) is 10.0 Å². The fourth-order valence-electron chi connectivity index (χ4n) is 1.89. The molecule has 2 N–H and O–H groups in total. The first-order chi connectivity index (χ1) is 8.48. The number of carbonyl (C=O) groups is 1.